The van der Waals surface area contributed by atoms with Crippen molar-refractivity contribution in [2.24, 2.45) is 0 Å². The van der Waals surface area contributed by atoms with Crippen molar-refractivity contribution in [2.45, 2.75) is 0 Å². The number of carboxylic acids is 2. The Morgan fingerprint density at radius 2 is 0.875 bits per heavy atom. The summed E-state index contributed by atoms with van der Waals surface area (Å²) >= 11 is 0. The summed E-state index contributed by atoms with van der Waals surface area (Å²) in [6.45, 7) is 0. The van der Waals surface area contributed by atoms with E-state index in [0.29, 0.717) is 22.3 Å². The number of carboxylic acid groups (broad SMARTS) is 2. The average molecular weight is 519 g/mol. The molecule has 4 heteroatoms. The van der Waals surface area contributed by atoms with Crippen LogP contribution in [0.3, 0.4) is 0 Å². The van der Waals surface area contributed by atoms with Gasteiger partial charge in [0.1, 0.15) is 0 Å². The van der Waals surface area contributed by atoms with Crippen molar-refractivity contribution >= 4 is 55.0 Å². The monoisotopic (exact) mass is 518 g/mol. The number of hydrogen-bond acceptors (Lipinski definition) is 2. The summed E-state index contributed by atoms with van der Waals surface area (Å²) in [6.07, 6.45) is 0. The van der Waals surface area contributed by atoms with Crippen molar-refractivity contribution in [3.8, 4) is 22.3 Å². The van der Waals surface area contributed by atoms with Crippen LogP contribution < -0.4 is 0 Å². The lowest BCUT2D eigenvalue weighted by molar-refractivity contribution is 0.0682. The van der Waals surface area contributed by atoms with Crippen LogP contribution in [0.4, 0.5) is 0 Å². The molecule has 0 aliphatic rings. The van der Waals surface area contributed by atoms with Crippen molar-refractivity contribution in [3.05, 3.63) is 132 Å². The van der Waals surface area contributed by atoms with Crippen LogP contribution in [-0.4, -0.2) is 22.2 Å². The molecular formula is C36H22O4. The van der Waals surface area contributed by atoms with Crippen molar-refractivity contribution in [3.63, 3.8) is 0 Å². The fourth-order valence-electron chi connectivity index (χ4n) is 5.95. The van der Waals surface area contributed by atoms with Crippen molar-refractivity contribution < 1.29 is 19.8 Å². The summed E-state index contributed by atoms with van der Waals surface area (Å²) in [6, 6.07) is 38.6. The Morgan fingerprint density at radius 3 is 1.50 bits per heavy atom. The lowest BCUT2D eigenvalue weighted by atomic mass is 9.87. The molecule has 4 nitrogen and oxygen atoms in total. The first-order chi connectivity index (χ1) is 19.5. The highest BCUT2D eigenvalue weighted by Crippen LogP contribution is 2.40. The third-order valence-corrected chi connectivity index (χ3v) is 7.75. The molecule has 0 saturated heterocycles. The summed E-state index contributed by atoms with van der Waals surface area (Å²) in [5.41, 5.74) is 2.19. The van der Waals surface area contributed by atoms with Gasteiger partial charge in [0.15, 0.2) is 0 Å². The lowest BCUT2D eigenvalue weighted by Gasteiger charge is -2.16. The molecule has 0 atom stereocenters. The molecule has 2 N–H and O–H groups in total. The maximum absolute atomic E-state index is 12.6. The van der Waals surface area contributed by atoms with Crippen LogP contribution in [0, 0.1) is 0 Å². The SMILES string of the molecule is O=C(O)c1cc(-c2cccc3ccccc23)c(C(=O)O)cc1-c1ccc2c3ccccc3c3ccccc3c2c1. The fourth-order valence-corrected chi connectivity index (χ4v) is 5.95. The first kappa shape index (κ1) is 23.6. The van der Waals surface area contributed by atoms with Gasteiger partial charge in [-0.3, -0.25) is 0 Å². The van der Waals surface area contributed by atoms with E-state index < -0.39 is 11.9 Å². The Labute approximate surface area is 229 Å². The predicted octanol–water partition coefficient (Wildman–Crippen LogP) is 9.03. The van der Waals surface area contributed by atoms with Crippen molar-refractivity contribution in [2.75, 3.05) is 0 Å². The fraction of sp³-hybridized carbons (Fsp3) is 0. The van der Waals surface area contributed by atoms with Crippen molar-refractivity contribution in [1.29, 1.82) is 0 Å². The molecule has 0 bridgehead atoms. The van der Waals surface area contributed by atoms with Gasteiger partial charge in [0.05, 0.1) is 11.1 Å². The molecule has 0 amide bonds. The van der Waals surface area contributed by atoms with Gasteiger partial charge >= 0.3 is 11.9 Å². The summed E-state index contributed by atoms with van der Waals surface area (Å²) < 4.78 is 0. The zero-order chi connectivity index (χ0) is 27.4. The van der Waals surface area contributed by atoms with Gasteiger partial charge in [-0.15, -0.1) is 0 Å². The molecule has 0 fully saturated rings. The Bertz CT molecular complexity index is 2130. The third kappa shape index (κ3) is 3.62. The molecule has 7 aromatic carbocycles. The van der Waals surface area contributed by atoms with E-state index in [4.69, 9.17) is 0 Å². The summed E-state index contributed by atoms with van der Waals surface area (Å²) in [5.74, 6) is -2.23. The van der Waals surface area contributed by atoms with E-state index in [9.17, 15) is 19.8 Å². The van der Waals surface area contributed by atoms with E-state index in [1.807, 2.05) is 84.9 Å². The first-order valence-electron chi connectivity index (χ1n) is 13.0. The highest BCUT2D eigenvalue weighted by atomic mass is 16.4. The molecule has 0 heterocycles. The lowest BCUT2D eigenvalue weighted by Crippen LogP contribution is -2.06. The minimum atomic E-state index is -1.11. The number of aromatic carboxylic acids is 2. The second-order valence-electron chi connectivity index (χ2n) is 9.93. The molecule has 7 aromatic rings. The van der Waals surface area contributed by atoms with E-state index in [1.165, 1.54) is 12.1 Å². The smallest absolute Gasteiger partial charge is 0.336 e. The standard InChI is InChI=1S/C36H22O4/c37-35(38)33-20-32(24-15-7-9-21-8-1-2-10-23(21)24)34(36(39)40)19-30(33)22-16-17-29-27-13-4-3-11-25(27)26-12-5-6-14-28(26)31(29)18-22/h1-20H,(H,37,38)(H,39,40). The molecule has 0 saturated carbocycles. The Kier molecular flexibility index (Phi) is 5.36. The Morgan fingerprint density at radius 1 is 0.400 bits per heavy atom. The Balaban J connectivity index is 1.53. The van der Waals surface area contributed by atoms with E-state index in [1.54, 1.807) is 0 Å². The topological polar surface area (TPSA) is 74.6 Å². The Hall–Kier alpha value is -5.48. The largest absolute Gasteiger partial charge is 0.478 e. The number of fused-ring (bicyclic) bond motifs is 7. The molecule has 0 aliphatic carbocycles. The maximum atomic E-state index is 12.6. The number of benzene rings is 7. The highest BCUT2D eigenvalue weighted by molar-refractivity contribution is 6.26. The first-order valence-corrected chi connectivity index (χ1v) is 13.0. The van der Waals surface area contributed by atoms with E-state index in [-0.39, 0.29) is 11.1 Å². The molecule has 40 heavy (non-hydrogen) atoms. The zero-order valence-electron chi connectivity index (χ0n) is 21.3. The molecule has 0 spiro atoms. The predicted molar refractivity (Wildman–Crippen MR) is 161 cm³/mol. The second kappa shape index (κ2) is 9.07. The molecule has 0 aromatic heterocycles. The molecule has 0 unspecified atom stereocenters. The quantitative estimate of drug-likeness (QED) is 0.228. The van der Waals surface area contributed by atoms with Gasteiger partial charge in [0.2, 0.25) is 0 Å². The maximum Gasteiger partial charge on any atom is 0.336 e. The van der Waals surface area contributed by atoms with E-state index in [0.717, 1.165) is 43.1 Å². The van der Waals surface area contributed by atoms with Gasteiger partial charge in [-0.2, -0.15) is 0 Å². The van der Waals surface area contributed by atoms with Gasteiger partial charge in [0, 0.05) is 0 Å². The van der Waals surface area contributed by atoms with Gasteiger partial charge in [-0.05, 0) is 83.5 Å². The molecule has 0 radical (unpaired) electrons. The second-order valence-corrected chi connectivity index (χ2v) is 9.93. The van der Waals surface area contributed by atoms with Crippen LogP contribution in [0.25, 0.3) is 65.3 Å². The molecule has 0 aliphatic heterocycles. The molecule has 190 valence electrons. The van der Waals surface area contributed by atoms with Gasteiger partial charge < -0.3 is 10.2 Å². The van der Waals surface area contributed by atoms with Crippen LogP contribution in [0.2, 0.25) is 0 Å². The number of hydrogen-bond donors (Lipinski definition) is 2. The van der Waals surface area contributed by atoms with E-state index >= 15 is 0 Å². The van der Waals surface area contributed by atoms with Crippen molar-refractivity contribution in [1.82, 2.24) is 0 Å². The van der Waals surface area contributed by atoms with Crippen LogP contribution in [0.1, 0.15) is 20.7 Å². The number of rotatable bonds is 4. The van der Waals surface area contributed by atoms with Gasteiger partial charge in [-0.1, -0.05) is 103 Å². The van der Waals surface area contributed by atoms with Crippen LogP contribution in [0.15, 0.2) is 121 Å². The summed E-state index contributed by atoms with van der Waals surface area (Å²) in [5, 5.41) is 28.9. The number of carbonyl (C=O) groups is 2. The van der Waals surface area contributed by atoms with Crippen LogP contribution >= 0.6 is 0 Å². The highest BCUT2D eigenvalue weighted by Gasteiger charge is 2.22. The van der Waals surface area contributed by atoms with Gasteiger partial charge in [0.25, 0.3) is 0 Å². The summed E-state index contributed by atoms with van der Waals surface area (Å²) in [7, 11) is 0. The van der Waals surface area contributed by atoms with Crippen LogP contribution in [0.5, 0.6) is 0 Å². The minimum Gasteiger partial charge on any atom is -0.478 e. The summed E-state index contributed by atoms with van der Waals surface area (Å²) in [4.78, 5) is 25.2. The molecular weight excluding hydrogens is 496 g/mol. The van der Waals surface area contributed by atoms with Crippen LogP contribution in [-0.2, 0) is 0 Å². The minimum absolute atomic E-state index is 0.0531. The van der Waals surface area contributed by atoms with E-state index in [2.05, 4.69) is 24.3 Å². The zero-order valence-corrected chi connectivity index (χ0v) is 21.3. The molecule has 7 rings (SSSR count). The third-order valence-electron chi connectivity index (χ3n) is 7.75. The van der Waals surface area contributed by atoms with Gasteiger partial charge in [-0.25, -0.2) is 9.59 Å². The normalized spacial score (nSPS) is 11.4. The average Bonchev–Trinajstić information content (AvgIpc) is 3.00.